The first-order valence-electron chi connectivity index (χ1n) is 9.22. The Hall–Kier alpha value is -2.18. The molecule has 0 aliphatic carbocycles. The maximum atomic E-state index is 6.18. The van der Waals surface area contributed by atoms with Gasteiger partial charge in [0, 0.05) is 44.0 Å². The minimum absolute atomic E-state index is 0.498. The highest BCUT2D eigenvalue weighted by atomic mass is 35.5. The molecule has 1 fully saturated rings. The van der Waals surface area contributed by atoms with Gasteiger partial charge in [0.2, 0.25) is 0 Å². The summed E-state index contributed by atoms with van der Waals surface area (Å²) in [6.07, 6.45) is 0. The Bertz CT molecular complexity index is 867. The summed E-state index contributed by atoms with van der Waals surface area (Å²) in [5.74, 6) is 1.20. The van der Waals surface area contributed by atoms with Gasteiger partial charge in [0.25, 0.3) is 0 Å². The number of hydrogen-bond acceptors (Lipinski definition) is 4. The van der Waals surface area contributed by atoms with Gasteiger partial charge in [-0.15, -0.1) is 0 Å². The summed E-state index contributed by atoms with van der Waals surface area (Å²) >= 11 is 11.8. The van der Waals surface area contributed by atoms with Gasteiger partial charge in [0.05, 0.1) is 24.9 Å². The van der Waals surface area contributed by atoms with Crippen molar-refractivity contribution in [2.75, 3.05) is 50.6 Å². The second-order valence-electron chi connectivity index (χ2n) is 6.88. The average molecular weight is 420 g/mol. The topological polar surface area (TPSA) is 37.0 Å². The molecule has 1 saturated heterocycles. The molecule has 0 bridgehead atoms. The molecule has 1 aliphatic rings. The molecule has 1 N–H and O–H groups in total. The zero-order valence-electron chi connectivity index (χ0n) is 16.7. The van der Waals surface area contributed by atoms with E-state index in [2.05, 4.69) is 47.2 Å². The van der Waals surface area contributed by atoms with E-state index in [0.717, 1.165) is 31.9 Å². The third-order valence-electron chi connectivity index (χ3n) is 4.99. The molecule has 0 saturated carbocycles. The van der Waals surface area contributed by atoms with Gasteiger partial charge < -0.3 is 24.6 Å². The lowest BCUT2D eigenvalue weighted by Crippen LogP contribution is -2.50. The third kappa shape index (κ3) is 4.45. The molecule has 1 aliphatic heterocycles. The van der Waals surface area contributed by atoms with Crippen LogP contribution >= 0.6 is 23.8 Å². The van der Waals surface area contributed by atoms with Gasteiger partial charge in [0.15, 0.2) is 5.11 Å². The number of halogens is 1. The highest BCUT2D eigenvalue weighted by molar-refractivity contribution is 7.80. The number of aryl methyl sites for hydroxylation is 2. The quantitative estimate of drug-likeness (QED) is 0.736. The maximum absolute atomic E-state index is 6.18. The molecule has 150 valence electrons. The number of ether oxygens (including phenoxy) is 2. The Balaban J connectivity index is 1.67. The molecule has 28 heavy (non-hydrogen) atoms. The van der Waals surface area contributed by atoms with Crippen molar-refractivity contribution in [1.82, 2.24) is 4.90 Å². The van der Waals surface area contributed by atoms with Crippen molar-refractivity contribution in [2.45, 2.75) is 13.8 Å². The van der Waals surface area contributed by atoms with E-state index in [1.807, 2.05) is 0 Å². The van der Waals surface area contributed by atoms with Gasteiger partial charge in [-0.3, -0.25) is 0 Å². The molecule has 5 nitrogen and oxygen atoms in total. The SMILES string of the molecule is COc1cc(NC(=S)N2CCN(c3cc(C)ccc3C)CC2)c(OC)cc1Cl. The monoisotopic (exact) mass is 419 g/mol. The second kappa shape index (κ2) is 8.88. The summed E-state index contributed by atoms with van der Waals surface area (Å²) in [5, 5.41) is 4.45. The number of methoxy groups -OCH3 is 2. The number of thiocarbonyl (C=S) groups is 1. The lowest BCUT2D eigenvalue weighted by molar-refractivity contribution is 0.389. The molecule has 7 heteroatoms. The zero-order chi connectivity index (χ0) is 20.3. The van der Waals surface area contributed by atoms with Crippen LogP contribution in [0.15, 0.2) is 30.3 Å². The van der Waals surface area contributed by atoms with Crippen LogP contribution < -0.4 is 19.7 Å². The summed E-state index contributed by atoms with van der Waals surface area (Å²) in [6.45, 7) is 7.85. The Morgan fingerprint density at radius 3 is 2.32 bits per heavy atom. The van der Waals surface area contributed by atoms with Crippen LogP contribution in [0.2, 0.25) is 5.02 Å². The normalized spacial score (nSPS) is 14.0. The molecule has 3 rings (SSSR count). The number of rotatable bonds is 4. The first kappa shape index (κ1) is 20.6. The van der Waals surface area contributed by atoms with Crippen LogP contribution in [-0.2, 0) is 0 Å². The molecule has 0 unspecified atom stereocenters. The smallest absolute Gasteiger partial charge is 0.173 e. The van der Waals surface area contributed by atoms with Gasteiger partial charge in [-0.25, -0.2) is 0 Å². The number of hydrogen-bond donors (Lipinski definition) is 1. The fourth-order valence-electron chi connectivity index (χ4n) is 3.36. The lowest BCUT2D eigenvalue weighted by Gasteiger charge is -2.38. The maximum Gasteiger partial charge on any atom is 0.173 e. The fraction of sp³-hybridized carbons (Fsp3) is 0.381. The first-order chi connectivity index (χ1) is 13.4. The van der Waals surface area contributed by atoms with Crippen molar-refractivity contribution in [3.8, 4) is 11.5 Å². The van der Waals surface area contributed by atoms with Crippen molar-refractivity contribution in [1.29, 1.82) is 0 Å². The van der Waals surface area contributed by atoms with Crippen LogP contribution in [0, 0.1) is 13.8 Å². The standard InChI is InChI=1S/C21H26ClN3O2S/c1-14-5-6-15(2)18(11-14)24-7-9-25(10-8-24)21(28)23-17-13-19(26-3)16(22)12-20(17)27-4/h5-6,11-13H,7-10H2,1-4H3,(H,23,28). The first-order valence-corrected chi connectivity index (χ1v) is 10.0. The van der Waals surface area contributed by atoms with Crippen LogP contribution in [0.4, 0.5) is 11.4 Å². The van der Waals surface area contributed by atoms with E-state index >= 15 is 0 Å². The second-order valence-corrected chi connectivity index (χ2v) is 7.68. The Morgan fingerprint density at radius 2 is 1.68 bits per heavy atom. The van der Waals surface area contributed by atoms with Crippen molar-refractivity contribution in [3.05, 3.63) is 46.5 Å². The third-order valence-corrected chi connectivity index (χ3v) is 5.64. The van der Waals surface area contributed by atoms with Crippen molar-refractivity contribution < 1.29 is 9.47 Å². The van der Waals surface area contributed by atoms with E-state index in [9.17, 15) is 0 Å². The van der Waals surface area contributed by atoms with Crippen LogP contribution in [0.5, 0.6) is 11.5 Å². The summed E-state index contributed by atoms with van der Waals surface area (Å²) in [4.78, 5) is 4.60. The summed E-state index contributed by atoms with van der Waals surface area (Å²) in [6, 6.07) is 10.1. The predicted octanol–water partition coefficient (Wildman–Crippen LogP) is 4.49. The van der Waals surface area contributed by atoms with Crippen LogP contribution in [0.1, 0.15) is 11.1 Å². The molecule has 0 aromatic heterocycles. The Labute approximate surface area is 177 Å². The molecule has 2 aromatic carbocycles. The highest BCUT2D eigenvalue weighted by Crippen LogP contribution is 2.36. The van der Waals surface area contributed by atoms with Crippen LogP contribution in [0.25, 0.3) is 0 Å². The summed E-state index contributed by atoms with van der Waals surface area (Å²) < 4.78 is 10.7. The van der Waals surface area contributed by atoms with Gasteiger partial charge in [-0.1, -0.05) is 23.7 Å². The van der Waals surface area contributed by atoms with Crippen molar-refractivity contribution in [3.63, 3.8) is 0 Å². The fourth-order valence-corrected chi connectivity index (χ4v) is 3.89. The minimum Gasteiger partial charge on any atom is -0.495 e. The molecule has 1 heterocycles. The number of anilines is 2. The molecule has 0 amide bonds. The van der Waals surface area contributed by atoms with Crippen molar-refractivity contribution in [2.24, 2.45) is 0 Å². The summed E-state index contributed by atoms with van der Waals surface area (Å²) in [5.41, 5.74) is 4.63. The number of piperazine rings is 1. The predicted molar refractivity (Wildman–Crippen MR) is 120 cm³/mol. The Morgan fingerprint density at radius 1 is 1.00 bits per heavy atom. The average Bonchev–Trinajstić information content (AvgIpc) is 2.70. The molecule has 0 atom stereocenters. The molecule has 0 spiro atoms. The number of nitrogens with zero attached hydrogens (tertiary/aromatic N) is 2. The lowest BCUT2D eigenvalue weighted by atomic mass is 10.1. The molecular formula is C21H26ClN3O2S. The van der Waals surface area contributed by atoms with Crippen molar-refractivity contribution >= 4 is 40.3 Å². The minimum atomic E-state index is 0.498. The van der Waals surface area contributed by atoms with Crippen LogP contribution in [0.3, 0.4) is 0 Å². The van der Waals surface area contributed by atoms with Gasteiger partial charge >= 0.3 is 0 Å². The van der Waals surface area contributed by atoms with E-state index in [1.165, 1.54) is 16.8 Å². The zero-order valence-corrected chi connectivity index (χ0v) is 18.3. The number of nitrogens with one attached hydrogen (secondary N) is 1. The van der Waals surface area contributed by atoms with E-state index < -0.39 is 0 Å². The highest BCUT2D eigenvalue weighted by Gasteiger charge is 2.21. The Kier molecular flexibility index (Phi) is 6.52. The van der Waals surface area contributed by atoms with Gasteiger partial charge in [0.1, 0.15) is 11.5 Å². The number of benzene rings is 2. The van der Waals surface area contributed by atoms with E-state index in [-0.39, 0.29) is 0 Å². The van der Waals surface area contributed by atoms with E-state index in [0.29, 0.717) is 21.6 Å². The van der Waals surface area contributed by atoms with E-state index in [1.54, 1.807) is 26.4 Å². The van der Waals surface area contributed by atoms with Gasteiger partial charge in [-0.05, 0) is 43.3 Å². The molecule has 0 radical (unpaired) electrons. The van der Waals surface area contributed by atoms with Gasteiger partial charge in [-0.2, -0.15) is 0 Å². The molecule has 2 aromatic rings. The van der Waals surface area contributed by atoms with Crippen LogP contribution in [-0.4, -0.2) is 50.4 Å². The largest absolute Gasteiger partial charge is 0.495 e. The van der Waals surface area contributed by atoms with E-state index in [4.69, 9.17) is 33.3 Å². The summed E-state index contributed by atoms with van der Waals surface area (Å²) in [7, 11) is 3.19. The molecular weight excluding hydrogens is 394 g/mol.